The highest BCUT2D eigenvalue weighted by molar-refractivity contribution is 5.94. The van der Waals surface area contributed by atoms with Gasteiger partial charge in [-0.2, -0.15) is 5.10 Å². The summed E-state index contributed by atoms with van der Waals surface area (Å²) in [6.45, 7) is 2.29. The second-order valence-electron chi connectivity index (χ2n) is 6.63. The average Bonchev–Trinajstić information content (AvgIpc) is 3.08. The molecule has 1 aliphatic carbocycles. The van der Waals surface area contributed by atoms with Crippen molar-refractivity contribution < 1.29 is 9.53 Å². The van der Waals surface area contributed by atoms with Crippen LogP contribution in [-0.2, 0) is 16.1 Å². The number of ether oxygens (including phenoxy) is 1. The Labute approximate surface area is 135 Å². The topological polar surface area (TPSA) is 56.2 Å². The van der Waals surface area contributed by atoms with Crippen LogP contribution in [0.25, 0.3) is 0 Å². The fourth-order valence-electron chi connectivity index (χ4n) is 3.56. The summed E-state index contributed by atoms with van der Waals surface area (Å²) < 4.78 is 7.26. The number of benzene rings is 1. The van der Waals surface area contributed by atoms with E-state index in [0.717, 1.165) is 38.2 Å². The Kier molecular flexibility index (Phi) is 3.65. The van der Waals surface area contributed by atoms with Crippen molar-refractivity contribution in [2.45, 2.75) is 25.8 Å². The van der Waals surface area contributed by atoms with Gasteiger partial charge in [0.15, 0.2) is 0 Å². The Balaban J connectivity index is 1.36. The molecule has 1 aromatic heterocycles. The van der Waals surface area contributed by atoms with E-state index in [-0.39, 0.29) is 17.2 Å². The van der Waals surface area contributed by atoms with Gasteiger partial charge in [0, 0.05) is 25.3 Å². The molecule has 1 N–H and O–H groups in total. The van der Waals surface area contributed by atoms with Gasteiger partial charge in [0.2, 0.25) is 5.91 Å². The van der Waals surface area contributed by atoms with Crippen molar-refractivity contribution in [3.63, 3.8) is 0 Å². The van der Waals surface area contributed by atoms with Crippen LogP contribution in [0.15, 0.2) is 42.7 Å². The normalized spacial score (nSPS) is 22.0. The Bertz CT molecular complexity index is 689. The Morgan fingerprint density at radius 3 is 2.87 bits per heavy atom. The molecule has 1 saturated heterocycles. The number of carbonyl (C=O) groups is 1. The summed E-state index contributed by atoms with van der Waals surface area (Å²) in [5.41, 5.74) is 2.18. The van der Waals surface area contributed by atoms with Crippen molar-refractivity contribution in [1.29, 1.82) is 0 Å². The molecule has 1 unspecified atom stereocenters. The number of hydrogen-bond acceptors (Lipinski definition) is 3. The molecular formula is C18H21N3O2. The summed E-state index contributed by atoms with van der Waals surface area (Å²) in [7, 11) is 0. The fourth-order valence-corrected chi connectivity index (χ4v) is 3.56. The Morgan fingerprint density at radius 1 is 1.30 bits per heavy atom. The van der Waals surface area contributed by atoms with E-state index >= 15 is 0 Å². The van der Waals surface area contributed by atoms with E-state index in [0.29, 0.717) is 6.54 Å². The molecule has 120 valence electrons. The maximum atomic E-state index is 12.4. The maximum Gasteiger partial charge on any atom is 0.228 e. The van der Waals surface area contributed by atoms with Gasteiger partial charge in [-0.25, -0.2) is 0 Å². The van der Waals surface area contributed by atoms with Crippen LogP contribution in [0.5, 0.6) is 0 Å². The lowest BCUT2D eigenvalue weighted by atomic mass is 9.93. The van der Waals surface area contributed by atoms with Crippen LogP contribution in [0.4, 0.5) is 5.69 Å². The molecule has 1 amide bonds. The highest BCUT2D eigenvalue weighted by Crippen LogP contribution is 2.59. The zero-order valence-corrected chi connectivity index (χ0v) is 13.1. The van der Waals surface area contributed by atoms with Crippen LogP contribution in [0.1, 0.15) is 24.8 Å². The molecule has 0 radical (unpaired) electrons. The highest BCUT2D eigenvalue weighted by atomic mass is 16.5. The molecule has 2 aliphatic rings. The zero-order chi connectivity index (χ0) is 15.7. The monoisotopic (exact) mass is 311 g/mol. The molecule has 2 fully saturated rings. The lowest BCUT2D eigenvalue weighted by molar-refractivity contribution is -0.118. The average molecular weight is 311 g/mol. The SMILES string of the molecule is O=C(Nc1cnn(Cc2ccccc2)c1)C1CC12CCOCC2. The first-order valence-electron chi connectivity index (χ1n) is 8.20. The molecule has 2 aromatic rings. The van der Waals surface area contributed by atoms with Gasteiger partial charge in [-0.05, 0) is 30.2 Å². The summed E-state index contributed by atoms with van der Waals surface area (Å²) in [5.74, 6) is 0.273. The number of aromatic nitrogens is 2. The first-order valence-corrected chi connectivity index (χ1v) is 8.20. The molecule has 23 heavy (non-hydrogen) atoms. The number of anilines is 1. The van der Waals surface area contributed by atoms with Crippen LogP contribution in [-0.4, -0.2) is 28.9 Å². The molecule has 1 aliphatic heterocycles. The van der Waals surface area contributed by atoms with E-state index in [1.165, 1.54) is 5.56 Å². The third-order valence-electron chi connectivity index (χ3n) is 5.08. The van der Waals surface area contributed by atoms with Crippen LogP contribution in [0.2, 0.25) is 0 Å². The molecule has 2 heterocycles. The third kappa shape index (κ3) is 3.01. The number of nitrogens with one attached hydrogen (secondary N) is 1. The van der Waals surface area contributed by atoms with E-state index in [1.807, 2.05) is 29.1 Å². The predicted molar refractivity (Wildman–Crippen MR) is 87.0 cm³/mol. The minimum absolute atomic E-state index is 0.131. The number of nitrogens with zero attached hydrogens (tertiary/aromatic N) is 2. The molecule has 4 rings (SSSR count). The minimum atomic E-state index is 0.131. The lowest BCUT2D eigenvalue weighted by Crippen LogP contribution is -2.24. The molecule has 1 saturated carbocycles. The van der Waals surface area contributed by atoms with Gasteiger partial charge in [-0.3, -0.25) is 9.48 Å². The summed E-state index contributed by atoms with van der Waals surface area (Å²) in [4.78, 5) is 12.4. The molecule has 1 spiro atoms. The molecule has 5 nitrogen and oxygen atoms in total. The predicted octanol–water partition coefficient (Wildman–Crippen LogP) is 2.69. The molecule has 5 heteroatoms. The Hall–Kier alpha value is -2.14. The number of hydrogen-bond donors (Lipinski definition) is 1. The number of carbonyl (C=O) groups excluding carboxylic acids is 1. The standard InChI is InChI=1S/C18H21N3O2/c22-17(16-10-18(16)6-8-23-9-7-18)20-15-11-19-21(13-15)12-14-4-2-1-3-5-14/h1-5,11,13,16H,6-10,12H2,(H,20,22). The quantitative estimate of drug-likeness (QED) is 0.944. The molecular weight excluding hydrogens is 290 g/mol. The summed E-state index contributed by atoms with van der Waals surface area (Å²) in [6.07, 6.45) is 6.64. The lowest BCUT2D eigenvalue weighted by Gasteiger charge is -2.22. The second kappa shape index (κ2) is 5.81. The van der Waals surface area contributed by atoms with E-state index in [4.69, 9.17) is 4.74 Å². The van der Waals surface area contributed by atoms with Crippen LogP contribution < -0.4 is 5.32 Å². The van der Waals surface area contributed by atoms with Gasteiger partial charge < -0.3 is 10.1 Å². The van der Waals surface area contributed by atoms with Crippen molar-refractivity contribution in [3.8, 4) is 0 Å². The largest absolute Gasteiger partial charge is 0.381 e. The molecule has 1 aromatic carbocycles. The van der Waals surface area contributed by atoms with Gasteiger partial charge in [0.05, 0.1) is 18.4 Å². The molecule has 1 atom stereocenters. The summed E-state index contributed by atoms with van der Waals surface area (Å²) in [5, 5.41) is 7.35. The van der Waals surface area contributed by atoms with Crippen LogP contribution in [0, 0.1) is 11.3 Å². The molecule has 0 bridgehead atoms. The van der Waals surface area contributed by atoms with Crippen molar-refractivity contribution in [1.82, 2.24) is 9.78 Å². The first-order chi connectivity index (χ1) is 11.3. The Morgan fingerprint density at radius 2 is 2.09 bits per heavy atom. The smallest absolute Gasteiger partial charge is 0.228 e. The first kappa shape index (κ1) is 14.5. The van der Waals surface area contributed by atoms with Gasteiger partial charge >= 0.3 is 0 Å². The van der Waals surface area contributed by atoms with Crippen molar-refractivity contribution in [2.75, 3.05) is 18.5 Å². The van der Waals surface area contributed by atoms with E-state index in [1.54, 1.807) is 6.20 Å². The highest BCUT2D eigenvalue weighted by Gasteiger charge is 2.57. The van der Waals surface area contributed by atoms with Gasteiger partial charge in [0.1, 0.15) is 0 Å². The number of amides is 1. The zero-order valence-electron chi connectivity index (χ0n) is 13.1. The van der Waals surface area contributed by atoms with Gasteiger partial charge in [0.25, 0.3) is 0 Å². The van der Waals surface area contributed by atoms with E-state index < -0.39 is 0 Å². The van der Waals surface area contributed by atoms with Crippen LogP contribution in [0.3, 0.4) is 0 Å². The maximum absolute atomic E-state index is 12.4. The summed E-state index contributed by atoms with van der Waals surface area (Å²) >= 11 is 0. The van der Waals surface area contributed by atoms with Crippen LogP contribution >= 0.6 is 0 Å². The summed E-state index contributed by atoms with van der Waals surface area (Å²) in [6, 6.07) is 10.2. The van der Waals surface area contributed by atoms with Crippen molar-refractivity contribution >= 4 is 11.6 Å². The third-order valence-corrected chi connectivity index (χ3v) is 5.08. The van der Waals surface area contributed by atoms with E-state index in [9.17, 15) is 4.79 Å². The van der Waals surface area contributed by atoms with E-state index in [2.05, 4.69) is 22.5 Å². The van der Waals surface area contributed by atoms with Crippen molar-refractivity contribution in [2.24, 2.45) is 11.3 Å². The number of rotatable bonds is 4. The second-order valence-corrected chi connectivity index (χ2v) is 6.63. The minimum Gasteiger partial charge on any atom is -0.381 e. The van der Waals surface area contributed by atoms with Crippen molar-refractivity contribution in [3.05, 3.63) is 48.3 Å². The van der Waals surface area contributed by atoms with Gasteiger partial charge in [-0.15, -0.1) is 0 Å². The van der Waals surface area contributed by atoms with Gasteiger partial charge in [-0.1, -0.05) is 30.3 Å². The fraction of sp³-hybridized carbons (Fsp3) is 0.444.